The molecule has 5 aromatic rings. The molecule has 3 N–H and O–H groups in total. The van der Waals surface area contributed by atoms with E-state index in [1.807, 2.05) is 29.2 Å². The molecule has 3 aliphatic rings. The number of nitrogens with zero attached hydrogens (tertiary/aromatic N) is 5. The first kappa shape index (κ1) is 36.7. The van der Waals surface area contributed by atoms with Crippen LogP contribution in [0.25, 0.3) is 33.5 Å². The maximum atomic E-state index is 15.8. The third kappa shape index (κ3) is 7.53. The number of hydrogen-bond donors (Lipinski definition) is 2. The summed E-state index contributed by atoms with van der Waals surface area (Å²) in [6, 6.07) is 16.7. The number of rotatable bonds is 10. The first-order chi connectivity index (χ1) is 27.0. The third-order valence-electron chi connectivity index (χ3n) is 11.2. The Kier molecular flexibility index (Phi) is 9.92. The van der Waals surface area contributed by atoms with E-state index in [1.54, 1.807) is 27.9 Å². The number of nitrogens with one attached hydrogen (secondary N) is 1. The molecule has 0 radical (unpaired) electrons. The first-order valence-corrected chi connectivity index (χ1v) is 18.9. The number of pyridine rings is 3. The van der Waals surface area contributed by atoms with Gasteiger partial charge in [0.15, 0.2) is 0 Å². The molecule has 2 saturated heterocycles. The van der Waals surface area contributed by atoms with Gasteiger partial charge in [-0.15, -0.1) is 0 Å². The van der Waals surface area contributed by atoms with E-state index in [0.717, 1.165) is 48.6 Å². The zero-order valence-electron chi connectivity index (χ0n) is 30.9. The van der Waals surface area contributed by atoms with Crippen molar-refractivity contribution in [1.29, 1.82) is 0 Å². The molecule has 0 atom stereocenters. The molecule has 3 amide bonds. The standard InChI is InChI=1S/C43H41F2N7O4/c1-25(53)51-21-31(22-51)43(56)52-19-28(20-52)13-26-5-7-29(8-6-26)30-14-35(41(46)48-16-30)34-11-10-33(15-38(34)45)49-42(55)37-24-50(18-27-3-2-4-27)23-36(40(37)54)39-12-9-32(44)17-47-39/h5-12,14-17,23-24,27-28,31H,2-4,13,18-22H2,1H3,(H2,46,48)(H,49,55). The Morgan fingerprint density at radius 1 is 0.821 bits per heavy atom. The van der Waals surface area contributed by atoms with Crippen LogP contribution in [0.2, 0.25) is 0 Å². The minimum atomic E-state index is -0.709. The van der Waals surface area contributed by atoms with E-state index < -0.39 is 23.0 Å². The predicted octanol–water partition coefficient (Wildman–Crippen LogP) is 6.03. The molecule has 286 valence electrons. The van der Waals surface area contributed by atoms with Crippen molar-refractivity contribution in [3.8, 4) is 33.5 Å². The fourth-order valence-electron chi connectivity index (χ4n) is 7.64. The highest BCUT2D eigenvalue weighted by molar-refractivity contribution is 6.04. The Labute approximate surface area is 322 Å². The van der Waals surface area contributed by atoms with Gasteiger partial charge in [-0.1, -0.05) is 30.7 Å². The number of nitrogens with two attached hydrogens (primary N) is 1. The summed E-state index contributed by atoms with van der Waals surface area (Å²) in [7, 11) is 0. The maximum absolute atomic E-state index is 15.8. The van der Waals surface area contributed by atoms with Gasteiger partial charge in [0, 0.05) is 80.6 Å². The third-order valence-corrected chi connectivity index (χ3v) is 11.2. The molecule has 1 aliphatic carbocycles. The van der Waals surface area contributed by atoms with Crippen LogP contribution < -0.4 is 16.5 Å². The largest absolute Gasteiger partial charge is 0.383 e. The van der Waals surface area contributed by atoms with Gasteiger partial charge >= 0.3 is 0 Å². The van der Waals surface area contributed by atoms with Crippen molar-refractivity contribution in [1.82, 2.24) is 24.3 Å². The average Bonchev–Trinajstić information content (AvgIpc) is 3.12. The van der Waals surface area contributed by atoms with Crippen LogP contribution in [0.3, 0.4) is 0 Å². The van der Waals surface area contributed by atoms with Crippen LogP contribution in [-0.2, 0) is 22.6 Å². The lowest BCUT2D eigenvalue weighted by Crippen LogP contribution is -2.60. The topological polar surface area (TPSA) is 144 Å². The molecule has 5 heterocycles. The van der Waals surface area contributed by atoms with Gasteiger partial charge in [-0.3, -0.25) is 24.2 Å². The number of nitrogen functional groups attached to an aromatic ring is 1. The van der Waals surface area contributed by atoms with Gasteiger partial charge in [-0.25, -0.2) is 13.8 Å². The van der Waals surface area contributed by atoms with Crippen molar-refractivity contribution in [2.45, 2.75) is 39.2 Å². The predicted molar refractivity (Wildman–Crippen MR) is 208 cm³/mol. The van der Waals surface area contributed by atoms with E-state index in [2.05, 4.69) is 15.3 Å². The number of amides is 3. The van der Waals surface area contributed by atoms with Crippen LogP contribution >= 0.6 is 0 Å². The summed E-state index contributed by atoms with van der Waals surface area (Å²) >= 11 is 0. The highest BCUT2D eigenvalue weighted by Crippen LogP contribution is 2.34. The highest BCUT2D eigenvalue weighted by atomic mass is 19.1. The number of anilines is 2. The average molecular weight is 758 g/mol. The lowest BCUT2D eigenvalue weighted by molar-refractivity contribution is -0.152. The monoisotopic (exact) mass is 757 g/mol. The summed E-state index contributed by atoms with van der Waals surface area (Å²) in [6.07, 6.45) is 9.87. The molecule has 0 spiro atoms. The van der Waals surface area contributed by atoms with Crippen molar-refractivity contribution < 1.29 is 23.2 Å². The fraction of sp³-hybridized carbons (Fsp3) is 0.302. The van der Waals surface area contributed by atoms with E-state index in [0.29, 0.717) is 50.1 Å². The van der Waals surface area contributed by atoms with E-state index in [4.69, 9.17) is 5.73 Å². The Bertz CT molecular complexity index is 2380. The number of benzene rings is 2. The molecule has 0 bridgehead atoms. The quantitative estimate of drug-likeness (QED) is 0.177. The number of halogens is 2. The van der Waals surface area contributed by atoms with Gasteiger partial charge in [0.05, 0.1) is 23.4 Å². The SMILES string of the molecule is CC(=O)N1CC(C(=O)N2CC(Cc3ccc(-c4cnc(N)c(-c5ccc(NC(=O)c6cn(CC7CCC7)cc(-c7ccc(F)cn7)c6=O)cc5F)c4)cc3)C2)C1. The van der Waals surface area contributed by atoms with Gasteiger partial charge in [0.2, 0.25) is 17.2 Å². The molecule has 3 fully saturated rings. The van der Waals surface area contributed by atoms with Gasteiger partial charge in [-0.2, -0.15) is 0 Å². The van der Waals surface area contributed by atoms with Crippen molar-refractivity contribution in [2.75, 3.05) is 37.2 Å². The molecule has 3 aromatic heterocycles. The molecular formula is C43H41F2N7O4. The van der Waals surface area contributed by atoms with Crippen LogP contribution in [0.4, 0.5) is 20.3 Å². The zero-order valence-corrected chi connectivity index (χ0v) is 30.9. The second kappa shape index (κ2) is 15.1. The molecule has 13 heteroatoms. The summed E-state index contributed by atoms with van der Waals surface area (Å²) in [5.74, 6) is -0.917. The van der Waals surface area contributed by atoms with Crippen LogP contribution in [0.5, 0.6) is 0 Å². The Morgan fingerprint density at radius 3 is 2.25 bits per heavy atom. The first-order valence-electron chi connectivity index (χ1n) is 18.9. The van der Waals surface area contributed by atoms with Crippen LogP contribution in [0.15, 0.2) is 90.2 Å². The van der Waals surface area contributed by atoms with Gasteiger partial charge in [0.25, 0.3) is 5.91 Å². The zero-order chi connectivity index (χ0) is 39.1. The van der Waals surface area contributed by atoms with Crippen molar-refractivity contribution in [3.63, 3.8) is 0 Å². The van der Waals surface area contributed by atoms with Crippen molar-refractivity contribution in [3.05, 3.63) is 118 Å². The number of aromatic nitrogens is 3. The Morgan fingerprint density at radius 2 is 1.59 bits per heavy atom. The lowest BCUT2D eigenvalue weighted by Gasteiger charge is -2.45. The Hall–Kier alpha value is -6.24. The highest BCUT2D eigenvalue weighted by Gasteiger charge is 2.40. The summed E-state index contributed by atoms with van der Waals surface area (Å²) in [5, 5.41) is 2.67. The lowest BCUT2D eigenvalue weighted by atomic mass is 9.85. The number of carbonyl (C=O) groups is 3. The number of carbonyl (C=O) groups excluding carboxylic acids is 3. The summed E-state index contributed by atoms with van der Waals surface area (Å²) < 4.78 is 31.2. The Balaban J connectivity index is 0.938. The van der Waals surface area contributed by atoms with E-state index in [1.165, 1.54) is 43.5 Å². The van der Waals surface area contributed by atoms with Crippen LogP contribution in [-0.4, -0.2) is 68.2 Å². The smallest absolute Gasteiger partial charge is 0.261 e. The van der Waals surface area contributed by atoms with Crippen molar-refractivity contribution >= 4 is 29.2 Å². The minimum Gasteiger partial charge on any atom is -0.383 e. The number of hydrogen-bond acceptors (Lipinski definition) is 7. The van der Waals surface area contributed by atoms with E-state index >= 15 is 4.39 Å². The minimum absolute atomic E-state index is 0.00431. The van der Waals surface area contributed by atoms with Gasteiger partial charge < -0.3 is 25.4 Å². The second-order valence-electron chi connectivity index (χ2n) is 15.2. The molecule has 8 rings (SSSR count). The fourth-order valence-corrected chi connectivity index (χ4v) is 7.64. The summed E-state index contributed by atoms with van der Waals surface area (Å²) in [5.41, 5.74) is 9.43. The van der Waals surface area contributed by atoms with Crippen LogP contribution in [0.1, 0.15) is 42.1 Å². The maximum Gasteiger partial charge on any atom is 0.261 e. The molecule has 1 saturated carbocycles. The second-order valence-corrected chi connectivity index (χ2v) is 15.2. The molecule has 56 heavy (non-hydrogen) atoms. The van der Waals surface area contributed by atoms with Gasteiger partial charge in [-0.05, 0) is 78.6 Å². The molecule has 0 unspecified atom stereocenters. The van der Waals surface area contributed by atoms with E-state index in [9.17, 15) is 23.6 Å². The molecule has 2 aliphatic heterocycles. The van der Waals surface area contributed by atoms with E-state index in [-0.39, 0.29) is 51.6 Å². The summed E-state index contributed by atoms with van der Waals surface area (Å²) in [6.45, 7) is 4.57. The molecular weight excluding hydrogens is 717 g/mol. The van der Waals surface area contributed by atoms with Crippen molar-refractivity contribution in [2.24, 2.45) is 17.8 Å². The molecule has 11 nitrogen and oxygen atoms in total. The number of likely N-dealkylation sites (tertiary alicyclic amines) is 2. The van der Waals surface area contributed by atoms with Crippen LogP contribution in [0, 0.1) is 29.4 Å². The normalized spacial score (nSPS) is 15.8. The van der Waals surface area contributed by atoms with Gasteiger partial charge in [0.1, 0.15) is 23.0 Å². The molecule has 2 aromatic carbocycles. The summed E-state index contributed by atoms with van der Waals surface area (Å²) in [4.78, 5) is 63.2.